The summed E-state index contributed by atoms with van der Waals surface area (Å²) >= 11 is 1.74. The first-order chi connectivity index (χ1) is 12.1. The first-order valence-corrected chi connectivity index (χ1v) is 9.45. The molecule has 3 rings (SSSR count). The number of hydrogen-bond acceptors (Lipinski definition) is 4. The van der Waals surface area contributed by atoms with Gasteiger partial charge in [0.1, 0.15) is 0 Å². The summed E-state index contributed by atoms with van der Waals surface area (Å²) < 4.78 is 0. The Morgan fingerprint density at radius 1 is 1.16 bits per heavy atom. The molecule has 0 radical (unpaired) electrons. The third-order valence-corrected chi connectivity index (χ3v) is 5.35. The lowest BCUT2D eigenvalue weighted by molar-refractivity contribution is -0.114. The summed E-state index contributed by atoms with van der Waals surface area (Å²) in [6.45, 7) is 4.24. The molecule has 2 heterocycles. The second-order valence-electron chi connectivity index (χ2n) is 6.24. The van der Waals surface area contributed by atoms with Gasteiger partial charge in [0.25, 0.3) is 5.91 Å². The van der Waals surface area contributed by atoms with Crippen LogP contribution in [0.3, 0.4) is 0 Å². The van der Waals surface area contributed by atoms with Crippen molar-refractivity contribution in [1.29, 1.82) is 0 Å². The Balaban J connectivity index is 1.62. The molecule has 0 aliphatic carbocycles. The van der Waals surface area contributed by atoms with Crippen molar-refractivity contribution in [2.24, 2.45) is 0 Å². The predicted molar refractivity (Wildman–Crippen MR) is 101 cm³/mol. The molecular formula is C19H23N3O2S. The van der Waals surface area contributed by atoms with Crippen molar-refractivity contribution in [1.82, 2.24) is 10.2 Å². The zero-order valence-corrected chi connectivity index (χ0v) is 15.1. The molecule has 2 amide bonds. The summed E-state index contributed by atoms with van der Waals surface area (Å²) in [5.41, 5.74) is 1.29. The Labute approximate surface area is 152 Å². The zero-order valence-electron chi connectivity index (χ0n) is 14.3. The van der Waals surface area contributed by atoms with Crippen LogP contribution >= 0.6 is 11.3 Å². The summed E-state index contributed by atoms with van der Waals surface area (Å²) in [5, 5.41) is 7.85. The van der Waals surface area contributed by atoms with Gasteiger partial charge in [-0.1, -0.05) is 6.07 Å². The maximum Gasteiger partial charge on any atom is 0.251 e. The molecule has 0 spiro atoms. The highest BCUT2D eigenvalue weighted by molar-refractivity contribution is 7.10. The summed E-state index contributed by atoms with van der Waals surface area (Å²) in [6.07, 6.45) is 2.45. The van der Waals surface area contributed by atoms with Crippen LogP contribution in [0.2, 0.25) is 0 Å². The minimum atomic E-state index is -0.124. The van der Waals surface area contributed by atoms with Crippen LogP contribution < -0.4 is 10.6 Å². The Morgan fingerprint density at radius 2 is 1.88 bits per heavy atom. The number of rotatable bonds is 6. The van der Waals surface area contributed by atoms with Crippen LogP contribution in [0.5, 0.6) is 0 Å². The number of carbonyl (C=O) groups excluding carboxylic acids is 2. The number of anilines is 1. The van der Waals surface area contributed by atoms with E-state index in [0.29, 0.717) is 17.8 Å². The maximum atomic E-state index is 12.5. The van der Waals surface area contributed by atoms with E-state index >= 15 is 0 Å². The molecule has 1 unspecified atom stereocenters. The molecule has 5 nitrogen and oxygen atoms in total. The summed E-state index contributed by atoms with van der Waals surface area (Å²) in [4.78, 5) is 27.3. The number of amides is 2. The molecular weight excluding hydrogens is 334 g/mol. The molecule has 0 bridgehead atoms. The lowest BCUT2D eigenvalue weighted by atomic mass is 10.1. The van der Waals surface area contributed by atoms with Crippen molar-refractivity contribution in [3.8, 4) is 0 Å². The SMILES string of the molecule is CC(=O)Nc1ccc(C(=O)NCC(c2cccs2)N2CCCC2)cc1. The molecule has 1 fully saturated rings. The quantitative estimate of drug-likeness (QED) is 0.834. The lowest BCUT2D eigenvalue weighted by Crippen LogP contribution is -2.36. The van der Waals surface area contributed by atoms with Gasteiger partial charge in [-0.2, -0.15) is 0 Å². The second-order valence-corrected chi connectivity index (χ2v) is 7.22. The highest BCUT2D eigenvalue weighted by Gasteiger charge is 2.24. The van der Waals surface area contributed by atoms with Crippen molar-refractivity contribution in [3.63, 3.8) is 0 Å². The number of thiophene rings is 1. The Morgan fingerprint density at radius 3 is 2.48 bits per heavy atom. The van der Waals surface area contributed by atoms with Gasteiger partial charge in [0, 0.05) is 29.6 Å². The minimum absolute atomic E-state index is 0.0878. The molecule has 2 aromatic rings. The Bertz CT molecular complexity index is 707. The van der Waals surface area contributed by atoms with Gasteiger partial charge in [0.15, 0.2) is 0 Å². The second kappa shape index (κ2) is 8.27. The number of carbonyl (C=O) groups is 2. The van der Waals surface area contributed by atoms with E-state index in [1.807, 2.05) is 0 Å². The first kappa shape index (κ1) is 17.6. The summed E-state index contributed by atoms with van der Waals surface area (Å²) in [5.74, 6) is -0.211. The molecule has 1 aliphatic rings. The summed E-state index contributed by atoms with van der Waals surface area (Å²) in [7, 11) is 0. The van der Waals surface area contributed by atoms with Crippen LogP contribution in [0.1, 0.15) is 41.0 Å². The number of nitrogens with zero attached hydrogens (tertiary/aromatic N) is 1. The number of nitrogens with one attached hydrogen (secondary N) is 2. The van der Waals surface area contributed by atoms with E-state index in [9.17, 15) is 9.59 Å². The first-order valence-electron chi connectivity index (χ1n) is 8.57. The fraction of sp³-hybridized carbons (Fsp3) is 0.368. The smallest absolute Gasteiger partial charge is 0.251 e. The highest BCUT2D eigenvalue weighted by Crippen LogP contribution is 2.27. The van der Waals surface area contributed by atoms with Crippen LogP contribution in [0.15, 0.2) is 41.8 Å². The standard InChI is InChI=1S/C19H23N3O2S/c1-14(23)21-16-8-6-15(7-9-16)19(24)20-13-17(18-5-4-12-25-18)22-10-2-3-11-22/h4-9,12,17H,2-3,10-11,13H2,1H3,(H,20,24)(H,21,23). The van der Waals surface area contributed by atoms with Crippen LogP contribution in [0.4, 0.5) is 5.69 Å². The molecule has 132 valence electrons. The fourth-order valence-electron chi connectivity index (χ4n) is 3.14. The minimum Gasteiger partial charge on any atom is -0.350 e. The van der Waals surface area contributed by atoms with E-state index in [2.05, 4.69) is 33.0 Å². The molecule has 1 aliphatic heterocycles. The van der Waals surface area contributed by atoms with E-state index < -0.39 is 0 Å². The highest BCUT2D eigenvalue weighted by atomic mass is 32.1. The largest absolute Gasteiger partial charge is 0.350 e. The average Bonchev–Trinajstić information content (AvgIpc) is 3.29. The van der Waals surface area contributed by atoms with Crippen molar-refractivity contribution >= 4 is 28.8 Å². The van der Waals surface area contributed by atoms with Gasteiger partial charge in [0.05, 0.1) is 6.04 Å². The van der Waals surface area contributed by atoms with E-state index in [1.165, 1.54) is 24.6 Å². The number of benzene rings is 1. The van der Waals surface area contributed by atoms with Crippen LogP contribution in [-0.2, 0) is 4.79 Å². The predicted octanol–water partition coefficient (Wildman–Crippen LogP) is 3.27. The van der Waals surface area contributed by atoms with Gasteiger partial charge in [-0.25, -0.2) is 0 Å². The lowest BCUT2D eigenvalue weighted by Gasteiger charge is -2.27. The molecule has 6 heteroatoms. The van der Waals surface area contributed by atoms with Gasteiger partial charge in [-0.15, -0.1) is 11.3 Å². The fourth-order valence-corrected chi connectivity index (χ4v) is 4.00. The topological polar surface area (TPSA) is 61.4 Å². The van der Waals surface area contributed by atoms with Crippen molar-refractivity contribution in [3.05, 3.63) is 52.2 Å². The Kier molecular flexibility index (Phi) is 5.83. The molecule has 25 heavy (non-hydrogen) atoms. The van der Waals surface area contributed by atoms with E-state index in [1.54, 1.807) is 35.6 Å². The normalized spacial score (nSPS) is 15.7. The monoisotopic (exact) mass is 357 g/mol. The van der Waals surface area contributed by atoms with Crippen LogP contribution in [0, 0.1) is 0 Å². The van der Waals surface area contributed by atoms with Gasteiger partial charge in [0.2, 0.25) is 5.91 Å². The van der Waals surface area contributed by atoms with E-state index in [4.69, 9.17) is 0 Å². The Hall–Kier alpha value is -2.18. The number of likely N-dealkylation sites (tertiary alicyclic amines) is 1. The van der Waals surface area contributed by atoms with E-state index in [0.717, 1.165) is 13.1 Å². The maximum absolute atomic E-state index is 12.5. The van der Waals surface area contributed by atoms with Crippen molar-refractivity contribution < 1.29 is 9.59 Å². The van der Waals surface area contributed by atoms with Gasteiger partial charge < -0.3 is 10.6 Å². The molecule has 1 aromatic heterocycles. The molecule has 2 N–H and O–H groups in total. The van der Waals surface area contributed by atoms with Gasteiger partial charge in [-0.3, -0.25) is 14.5 Å². The molecule has 1 aromatic carbocycles. The van der Waals surface area contributed by atoms with Crippen molar-refractivity contribution in [2.45, 2.75) is 25.8 Å². The van der Waals surface area contributed by atoms with Crippen LogP contribution in [-0.4, -0.2) is 36.3 Å². The molecule has 1 atom stereocenters. The van der Waals surface area contributed by atoms with Crippen LogP contribution in [0.25, 0.3) is 0 Å². The summed E-state index contributed by atoms with van der Waals surface area (Å²) in [6, 6.07) is 11.4. The average molecular weight is 357 g/mol. The number of hydrogen-bond donors (Lipinski definition) is 2. The van der Waals surface area contributed by atoms with E-state index in [-0.39, 0.29) is 17.9 Å². The zero-order chi connectivity index (χ0) is 17.6. The van der Waals surface area contributed by atoms with Gasteiger partial charge >= 0.3 is 0 Å². The third kappa shape index (κ3) is 4.67. The molecule has 1 saturated heterocycles. The third-order valence-electron chi connectivity index (χ3n) is 4.38. The molecule has 0 saturated carbocycles. The van der Waals surface area contributed by atoms with Crippen molar-refractivity contribution in [2.75, 3.05) is 25.0 Å². The van der Waals surface area contributed by atoms with Gasteiger partial charge in [-0.05, 0) is 61.6 Å².